The van der Waals surface area contributed by atoms with E-state index in [4.69, 9.17) is 25.8 Å². The van der Waals surface area contributed by atoms with Crippen LogP contribution in [0.1, 0.15) is 25.0 Å². The van der Waals surface area contributed by atoms with Gasteiger partial charge in [0.15, 0.2) is 0 Å². The van der Waals surface area contributed by atoms with Crippen LogP contribution in [0.2, 0.25) is 0 Å². The first-order valence-electron chi connectivity index (χ1n) is 9.35. The van der Waals surface area contributed by atoms with Crippen LogP contribution < -0.4 is 9.47 Å². The van der Waals surface area contributed by atoms with E-state index in [-0.39, 0.29) is 31.1 Å². The van der Waals surface area contributed by atoms with E-state index in [1.165, 1.54) is 0 Å². The van der Waals surface area contributed by atoms with Crippen molar-refractivity contribution in [1.29, 1.82) is 0 Å². The summed E-state index contributed by atoms with van der Waals surface area (Å²) >= 11 is 7.85. The van der Waals surface area contributed by atoms with Crippen molar-refractivity contribution in [3.63, 3.8) is 0 Å². The zero-order chi connectivity index (χ0) is 21.4. The van der Waals surface area contributed by atoms with Crippen molar-refractivity contribution in [2.75, 3.05) is 32.8 Å². The number of methoxy groups -OCH3 is 1. The predicted molar refractivity (Wildman–Crippen MR) is 123 cm³/mol. The first-order chi connectivity index (χ1) is 13.8. The Hall–Kier alpha value is -1.06. The molecule has 0 spiro atoms. The lowest BCUT2D eigenvalue weighted by molar-refractivity contribution is 0.0325. The van der Waals surface area contributed by atoms with Crippen LogP contribution in [0.5, 0.6) is 11.5 Å². The van der Waals surface area contributed by atoms with Gasteiger partial charge in [0.05, 0.1) is 16.1 Å². The van der Waals surface area contributed by atoms with Crippen LogP contribution in [0, 0.1) is 3.57 Å². The number of halogens is 2. The van der Waals surface area contributed by atoms with Gasteiger partial charge in [-0.3, -0.25) is 0 Å². The number of rotatable bonds is 11. The number of aliphatic hydroxyl groups is 2. The fourth-order valence-corrected chi connectivity index (χ4v) is 3.56. The summed E-state index contributed by atoms with van der Waals surface area (Å²) in [5, 5.41) is 19.3. The van der Waals surface area contributed by atoms with Crippen LogP contribution in [0.3, 0.4) is 0 Å². The minimum absolute atomic E-state index is 0.146. The maximum atomic E-state index is 9.69. The normalized spacial score (nSPS) is 13.8. The summed E-state index contributed by atoms with van der Waals surface area (Å²) in [6, 6.07) is 13.9. The minimum atomic E-state index is -0.681. The molecule has 160 valence electrons. The first kappa shape index (κ1) is 24.2. The van der Waals surface area contributed by atoms with Gasteiger partial charge in [-0.25, -0.2) is 0 Å². The van der Waals surface area contributed by atoms with E-state index < -0.39 is 12.2 Å². The van der Waals surface area contributed by atoms with Crippen LogP contribution in [0.25, 0.3) is 0 Å². The second kappa shape index (κ2) is 11.4. The van der Waals surface area contributed by atoms with Gasteiger partial charge in [0.25, 0.3) is 0 Å². The van der Waals surface area contributed by atoms with E-state index in [0.29, 0.717) is 5.75 Å². The zero-order valence-electron chi connectivity index (χ0n) is 16.9. The Kier molecular flexibility index (Phi) is 9.49. The number of aliphatic hydroxyl groups excluding tert-OH is 2. The molecule has 0 fully saturated rings. The van der Waals surface area contributed by atoms with Crippen molar-refractivity contribution in [2.45, 2.75) is 31.5 Å². The average molecular weight is 535 g/mol. The monoisotopic (exact) mass is 534 g/mol. The van der Waals surface area contributed by atoms with Gasteiger partial charge < -0.3 is 24.4 Å². The average Bonchev–Trinajstić information content (AvgIpc) is 2.71. The molecule has 0 aromatic heterocycles. The summed E-state index contributed by atoms with van der Waals surface area (Å²) < 4.78 is 17.1. The molecule has 5 nitrogen and oxygen atoms in total. The van der Waals surface area contributed by atoms with Crippen LogP contribution in [-0.2, 0) is 10.2 Å². The summed E-state index contributed by atoms with van der Waals surface area (Å²) in [6.45, 7) is 4.93. The topological polar surface area (TPSA) is 68.2 Å². The number of hydrogen-bond donors (Lipinski definition) is 2. The Morgan fingerprint density at radius 3 is 2.14 bits per heavy atom. The largest absolute Gasteiger partial charge is 0.491 e. The number of alkyl halides is 1. The maximum Gasteiger partial charge on any atom is 0.132 e. The van der Waals surface area contributed by atoms with E-state index in [0.717, 1.165) is 20.4 Å². The molecule has 0 saturated heterocycles. The summed E-state index contributed by atoms with van der Waals surface area (Å²) in [5.41, 5.74) is 2.07. The molecular formula is C22H28ClIO5. The Morgan fingerprint density at radius 2 is 1.55 bits per heavy atom. The van der Waals surface area contributed by atoms with Gasteiger partial charge in [-0.2, -0.15) is 0 Å². The van der Waals surface area contributed by atoms with Gasteiger partial charge in [0.2, 0.25) is 0 Å². The summed E-state index contributed by atoms with van der Waals surface area (Å²) in [5.74, 6) is 1.58. The predicted octanol–water partition coefficient (Wildman–Crippen LogP) is 3.98. The second-order valence-corrected chi connectivity index (χ2v) is 8.80. The highest BCUT2D eigenvalue weighted by Gasteiger charge is 2.24. The molecule has 0 unspecified atom stereocenters. The van der Waals surface area contributed by atoms with Crippen LogP contribution >= 0.6 is 34.2 Å². The van der Waals surface area contributed by atoms with E-state index in [1.807, 2.05) is 36.4 Å². The molecular weight excluding hydrogens is 507 g/mol. The SMILES string of the molecule is COC[C@@H](O)COc1ccc(C(C)(C)c2ccc(OC[C@@H](O)CCl)c(I)c2)cc1. The Bertz CT molecular complexity index is 766. The van der Waals surface area contributed by atoms with Gasteiger partial charge >= 0.3 is 0 Å². The molecule has 29 heavy (non-hydrogen) atoms. The number of hydrogen-bond acceptors (Lipinski definition) is 5. The zero-order valence-corrected chi connectivity index (χ0v) is 19.8. The Morgan fingerprint density at radius 1 is 0.931 bits per heavy atom. The van der Waals surface area contributed by atoms with E-state index in [9.17, 15) is 10.2 Å². The lowest BCUT2D eigenvalue weighted by atomic mass is 9.78. The van der Waals surface area contributed by atoms with Crippen molar-refractivity contribution in [2.24, 2.45) is 0 Å². The van der Waals surface area contributed by atoms with Crippen LogP contribution in [-0.4, -0.2) is 55.2 Å². The van der Waals surface area contributed by atoms with E-state index in [1.54, 1.807) is 7.11 Å². The van der Waals surface area contributed by atoms with E-state index >= 15 is 0 Å². The second-order valence-electron chi connectivity index (χ2n) is 7.33. The maximum absolute atomic E-state index is 9.69. The molecule has 0 amide bonds. The van der Waals surface area contributed by atoms with E-state index in [2.05, 4.69) is 42.5 Å². The third-order valence-electron chi connectivity index (χ3n) is 4.64. The fourth-order valence-electron chi connectivity index (χ4n) is 2.80. The molecule has 0 bridgehead atoms. The molecule has 0 aliphatic heterocycles. The molecule has 0 aliphatic carbocycles. The van der Waals surface area contributed by atoms with Gasteiger partial charge in [0.1, 0.15) is 36.9 Å². The minimum Gasteiger partial charge on any atom is -0.491 e. The number of benzene rings is 2. The lowest BCUT2D eigenvalue weighted by Gasteiger charge is -2.27. The Balaban J connectivity index is 2.08. The Labute approximate surface area is 191 Å². The summed E-state index contributed by atoms with van der Waals surface area (Å²) in [7, 11) is 1.54. The highest BCUT2D eigenvalue weighted by Crippen LogP contribution is 2.35. The molecule has 0 aliphatic rings. The third-order valence-corrected chi connectivity index (χ3v) is 5.84. The lowest BCUT2D eigenvalue weighted by Crippen LogP contribution is -2.23. The molecule has 2 N–H and O–H groups in total. The fraction of sp³-hybridized carbons (Fsp3) is 0.455. The van der Waals surface area contributed by atoms with Gasteiger partial charge in [-0.1, -0.05) is 32.0 Å². The molecule has 7 heteroatoms. The van der Waals surface area contributed by atoms with Crippen molar-refractivity contribution >= 4 is 34.2 Å². The number of ether oxygens (including phenoxy) is 3. The molecule has 0 radical (unpaired) electrons. The molecule has 2 atom stereocenters. The van der Waals surface area contributed by atoms with Gasteiger partial charge in [-0.05, 0) is 58.0 Å². The molecule has 2 rings (SSSR count). The molecule has 0 saturated carbocycles. The highest BCUT2D eigenvalue weighted by atomic mass is 127. The smallest absolute Gasteiger partial charge is 0.132 e. The molecule has 2 aromatic carbocycles. The van der Waals surface area contributed by atoms with Crippen molar-refractivity contribution in [3.8, 4) is 11.5 Å². The third kappa shape index (κ3) is 7.00. The van der Waals surface area contributed by atoms with Crippen molar-refractivity contribution in [1.82, 2.24) is 0 Å². The first-order valence-corrected chi connectivity index (χ1v) is 11.0. The highest BCUT2D eigenvalue weighted by molar-refractivity contribution is 14.1. The van der Waals surface area contributed by atoms with Crippen LogP contribution in [0.15, 0.2) is 42.5 Å². The summed E-state index contributed by atoms with van der Waals surface area (Å²) in [4.78, 5) is 0. The van der Waals surface area contributed by atoms with Crippen LogP contribution in [0.4, 0.5) is 0 Å². The standard InChI is InChI=1S/C22H28ClIO5/c1-22(2,15-4-7-19(8-5-15)28-14-18(26)12-27-3)16-6-9-21(20(24)10-16)29-13-17(25)11-23/h4-10,17-18,25-26H,11-14H2,1-3H3/t17-,18+/m0/s1. The quantitative estimate of drug-likeness (QED) is 0.337. The molecule has 0 heterocycles. The van der Waals surface area contributed by atoms with Gasteiger partial charge in [0, 0.05) is 12.5 Å². The van der Waals surface area contributed by atoms with Crippen molar-refractivity contribution < 1.29 is 24.4 Å². The summed E-state index contributed by atoms with van der Waals surface area (Å²) in [6.07, 6.45) is -1.33. The van der Waals surface area contributed by atoms with Crippen molar-refractivity contribution in [3.05, 3.63) is 57.2 Å². The molecule has 2 aromatic rings. The van der Waals surface area contributed by atoms with Gasteiger partial charge in [-0.15, -0.1) is 11.6 Å².